The van der Waals surface area contributed by atoms with Crippen molar-refractivity contribution in [2.75, 3.05) is 11.4 Å². The summed E-state index contributed by atoms with van der Waals surface area (Å²) in [6, 6.07) is 11.0. The smallest absolute Gasteiger partial charge is 0.316 e. The second-order valence-electron chi connectivity index (χ2n) is 5.61. The molecule has 7 heteroatoms. The summed E-state index contributed by atoms with van der Waals surface area (Å²) < 4.78 is 5.29. The summed E-state index contributed by atoms with van der Waals surface area (Å²) in [5, 5.41) is 0.838. The molecule has 0 radical (unpaired) electrons. The minimum atomic E-state index is -0.603. The van der Waals surface area contributed by atoms with E-state index >= 15 is 0 Å². The number of rotatable bonds is 4. The Kier molecular flexibility index (Phi) is 5.06. The summed E-state index contributed by atoms with van der Waals surface area (Å²) in [6.45, 7) is 0.171. The third-order valence-corrected chi connectivity index (χ3v) is 4.45. The van der Waals surface area contributed by atoms with Gasteiger partial charge in [0.1, 0.15) is 12.0 Å². The molecule has 1 aliphatic heterocycles. The van der Waals surface area contributed by atoms with Crippen LogP contribution in [-0.2, 0) is 9.59 Å². The molecule has 1 atom stereocenters. The van der Waals surface area contributed by atoms with Crippen LogP contribution >= 0.6 is 23.2 Å². The van der Waals surface area contributed by atoms with E-state index in [0.717, 1.165) is 0 Å². The van der Waals surface area contributed by atoms with E-state index in [1.807, 2.05) is 0 Å². The van der Waals surface area contributed by atoms with Crippen LogP contribution in [0.25, 0.3) is 0 Å². The standard InChI is InChI=1S/C18H13Cl2NO4/c19-13-3-6-15(20)16(8-13)21-9-12(7-17(21)23)18(24)25-14-4-1-11(10-22)2-5-14/h1-6,8,10,12H,7,9H2/t12-/m1/s1. The highest BCUT2D eigenvalue weighted by Crippen LogP contribution is 2.33. The van der Waals surface area contributed by atoms with Crippen molar-refractivity contribution in [3.05, 3.63) is 58.1 Å². The molecule has 2 aromatic rings. The van der Waals surface area contributed by atoms with Crippen molar-refractivity contribution in [3.63, 3.8) is 0 Å². The number of anilines is 1. The molecular weight excluding hydrogens is 365 g/mol. The van der Waals surface area contributed by atoms with Crippen molar-refractivity contribution in [2.24, 2.45) is 5.92 Å². The van der Waals surface area contributed by atoms with Crippen molar-refractivity contribution in [1.29, 1.82) is 0 Å². The fraction of sp³-hybridized carbons (Fsp3) is 0.167. The van der Waals surface area contributed by atoms with E-state index in [1.165, 1.54) is 17.0 Å². The molecule has 0 aromatic heterocycles. The maximum absolute atomic E-state index is 12.3. The quantitative estimate of drug-likeness (QED) is 0.462. The molecule has 128 valence electrons. The predicted octanol–water partition coefficient (Wildman–Crippen LogP) is 3.76. The molecule has 1 saturated heterocycles. The van der Waals surface area contributed by atoms with Crippen molar-refractivity contribution < 1.29 is 19.1 Å². The van der Waals surface area contributed by atoms with Gasteiger partial charge >= 0.3 is 5.97 Å². The van der Waals surface area contributed by atoms with Gasteiger partial charge in [0.25, 0.3) is 0 Å². The van der Waals surface area contributed by atoms with E-state index in [0.29, 0.717) is 33.3 Å². The van der Waals surface area contributed by atoms with Crippen molar-refractivity contribution in [3.8, 4) is 5.75 Å². The topological polar surface area (TPSA) is 63.7 Å². The molecule has 5 nitrogen and oxygen atoms in total. The summed E-state index contributed by atoms with van der Waals surface area (Å²) in [4.78, 5) is 36.7. The van der Waals surface area contributed by atoms with Crippen molar-refractivity contribution in [1.82, 2.24) is 0 Å². The first kappa shape index (κ1) is 17.5. The summed E-state index contributed by atoms with van der Waals surface area (Å²) >= 11 is 12.1. The largest absolute Gasteiger partial charge is 0.426 e. The van der Waals surface area contributed by atoms with Crippen molar-refractivity contribution in [2.45, 2.75) is 6.42 Å². The minimum Gasteiger partial charge on any atom is -0.426 e. The average molecular weight is 378 g/mol. The Morgan fingerprint density at radius 2 is 1.88 bits per heavy atom. The third-order valence-electron chi connectivity index (χ3n) is 3.89. The molecule has 1 heterocycles. The lowest BCUT2D eigenvalue weighted by atomic mass is 10.1. The van der Waals surface area contributed by atoms with E-state index in [1.54, 1.807) is 30.3 Å². The number of benzene rings is 2. The summed E-state index contributed by atoms with van der Waals surface area (Å²) in [5.74, 6) is -1.01. The molecule has 1 aliphatic rings. The summed E-state index contributed by atoms with van der Waals surface area (Å²) in [5.41, 5.74) is 0.961. The molecule has 0 unspecified atom stereocenters. The second-order valence-corrected chi connectivity index (χ2v) is 6.45. The highest BCUT2D eigenvalue weighted by Gasteiger charge is 2.37. The Morgan fingerprint density at radius 1 is 1.16 bits per heavy atom. The monoisotopic (exact) mass is 377 g/mol. The van der Waals surface area contributed by atoms with Gasteiger partial charge in [0.15, 0.2) is 0 Å². The number of halogens is 2. The zero-order chi connectivity index (χ0) is 18.0. The van der Waals surface area contributed by atoms with Gasteiger partial charge in [0.2, 0.25) is 5.91 Å². The van der Waals surface area contributed by atoms with E-state index in [-0.39, 0.29) is 18.9 Å². The van der Waals surface area contributed by atoms with Crippen LogP contribution in [0.5, 0.6) is 5.75 Å². The number of aldehydes is 1. The molecule has 2 aromatic carbocycles. The normalized spacial score (nSPS) is 16.8. The van der Waals surface area contributed by atoms with Crippen LogP contribution in [0.1, 0.15) is 16.8 Å². The van der Waals surface area contributed by atoms with Crippen molar-refractivity contribution >= 4 is 47.1 Å². The Hall–Kier alpha value is -2.37. The summed E-state index contributed by atoms with van der Waals surface area (Å²) in [6.07, 6.45) is 0.738. The Bertz CT molecular complexity index is 835. The van der Waals surface area contributed by atoms with Crippen LogP contribution in [0.4, 0.5) is 5.69 Å². The van der Waals surface area contributed by atoms with E-state index < -0.39 is 11.9 Å². The molecule has 25 heavy (non-hydrogen) atoms. The zero-order valence-electron chi connectivity index (χ0n) is 12.9. The van der Waals surface area contributed by atoms with E-state index in [4.69, 9.17) is 27.9 Å². The molecule has 1 amide bonds. The Labute approximate surface area is 154 Å². The maximum Gasteiger partial charge on any atom is 0.316 e. The van der Waals surface area contributed by atoms with Crippen LogP contribution in [-0.4, -0.2) is 24.7 Å². The number of ether oxygens (including phenoxy) is 1. The predicted molar refractivity (Wildman–Crippen MR) is 94.4 cm³/mol. The van der Waals surface area contributed by atoms with Crippen LogP contribution < -0.4 is 9.64 Å². The highest BCUT2D eigenvalue weighted by atomic mass is 35.5. The molecule has 0 N–H and O–H groups in total. The number of nitrogens with zero attached hydrogens (tertiary/aromatic N) is 1. The first-order chi connectivity index (χ1) is 12.0. The van der Waals surface area contributed by atoms with E-state index in [9.17, 15) is 14.4 Å². The van der Waals surface area contributed by atoms with Gasteiger partial charge in [-0.3, -0.25) is 14.4 Å². The maximum atomic E-state index is 12.3. The van der Waals surface area contributed by atoms with Gasteiger partial charge in [-0.1, -0.05) is 23.2 Å². The molecule has 1 fully saturated rings. The first-order valence-electron chi connectivity index (χ1n) is 7.50. The average Bonchev–Trinajstić information content (AvgIpc) is 2.99. The number of hydrogen-bond acceptors (Lipinski definition) is 4. The third kappa shape index (κ3) is 3.83. The van der Waals surface area contributed by atoms with Gasteiger partial charge in [-0.05, 0) is 42.5 Å². The lowest BCUT2D eigenvalue weighted by molar-refractivity contribution is -0.139. The molecule has 0 bridgehead atoms. The lowest BCUT2D eigenvalue weighted by Crippen LogP contribution is -2.27. The Morgan fingerprint density at radius 3 is 2.56 bits per heavy atom. The van der Waals surface area contributed by atoms with Gasteiger partial charge in [-0.15, -0.1) is 0 Å². The lowest BCUT2D eigenvalue weighted by Gasteiger charge is -2.18. The van der Waals surface area contributed by atoms with Crippen LogP contribution in [0.15, 0.2) is 42.5 Å². The molecule has 3 rings (SSSR count). The molecule has 0 spiro atoms. The SMILES string of the molecule is O=Cc1ccc(OC(=O)[C@@H]2CC(=O)N(c3cc(Cl)ccc3Cl)C2)cc1. The van der Waals surface area contributed by atoms with Crippen LogP contribution in [0, 0.1) is 5.92 Å². The van der Waals surface area contributed by atoms with Gasteiger partial charge in [-0.2, -0.15) is 0 Å². The number of esters is 1. The fourth-order valence-corrected chi connectivity index (χ4v) is 2.99. The van der Waals surface area contributed by atoms with Crippen LogP contribution in [0.2, 0.25) is 10.0 Å². The van der Waals surface area contributed by atoms with Gasteiger partial charge in [0, 0.05) is 23.6 Å². The summed E-state index contributed by atoms with van der Waals surface area (Å²) in [7, 11) is 0. The number of amides is 1. The number of carbonyl (C=O) groups is 3. The molecule has 0 saturated carbocycles. The van der Waals surface area contributed by atoms with Crippen LogP contribution in [0.3, 0.4) is 0 Å². The van der Waals surface area contributed by atoms with Gasteiger partial charge < -0.3 is 9.64 Å². The number of carbonyl (C=O) groups excluding carboxylic acids is 3. The van der Waals surface area contributed by atoms with Gasteiger partial charge in [-0.25, -0.2) is 0 Å². The van der Waals surface area contributed by atoms with E-state index in [2.05, 4.69) is 0 Å². The minimum absolute atomic E-state index is 0.0358. The zero-order valence-corrected chi connectivity index (χ0v) is 14.5. The highest BCUT2D eigenvalue weighted by molar-refractivity contribution is 6.35. The first-order valence-corrected chi connectivity index (χ1v) is 8.26. The van der Waals surface area contributed by atoms with Gasteiger partial charge in [0.05, 0.1) is 16.6 Å². The molecule has 0 aliphatic carbocycles. The number of hydrogen-bond donors (Lipinski definition) is 0. The second kappa shape index (κ2) is 7.25. The fourth-order valence-electron chi connectivity index (χ4n) is 2.60. The Balaban J connectivity index is 1.71. The molecular formula is C18H13Cl2NO4.